The first kappa shape index (κ1) is 17.1. The van der Waals surface area contributed by atoms with Crippen molar-refractivity contribution in [2.75, 3.05) is 6.61 Å². The van der Waals surface area contributed by atoms with Gasteiger partial charge >= 0.3 is 12.3 Å². The van der Waals surface area contributed by atoms with E-state index in [1.54, 1.807) is 13.0 Å². The third-order valence-electron chi connectivity index (χ3n) is 2.42. The molecule has 0 aliphatic carbocycles. The molecule has 0 saturated heterocycles. The Kier molecular flexibility index (Phi) is 5.85. The summed E-state index contributed by atoms with van der Waals surface area (Å²) >= 11 is 5.55. The van der Waals surface area contributed by atoms with Crippen molar-refractivity contribution < 1.29 is 27.4 Å². The molecule has 0 spiro atoms. The van der Waals surface area contributed by atoms with Crippen molar-refractivity contribution in [3.63, 3.8) is 0 Å². The van der Waals surface area contributed by atoms with Crippen LogP contribution < -0.4 is 4.74 Å². The van der Waals surface area contributed by atoms with E-state index in [0.717, 1.165) is 6.07 Å². The molecule has 0 saturated carbocycles. The molecular weight excluding hydrogens is 311 g/mol. The van der Waals surface area contributed by atoms with Crippen LogP contribution in [0.3, 0.4) is 0 Å². The van der Waals surface area contributed by atoms with E-state index in [9.17, 15) is 18.0 Å². The highest BCUT2D eigenvalue weighted by Gasteiger charge is 2.32. The Hall–Kier alpha value is -1.94. The summed E-state index contributed by atoms with van der Waals surface area (Å²) in [7, 11) is 0. The van der Waals surface area contributed by atoms with Gasteiger partial charge in [0.15, 0.2) is 0 Å². The molecule has 0 amide bonds. The van der Waals surface area contributed by atoms with E-state index in [1.165, 1.54) is 6.07 Å². The average Bonchev–Trinajstić information content (AvgIpc) is 2.37. The number of rotatable bonds is 5. The topological polar surface area (TPSA) is 59.3 Å². The maximum absolute atomic E-state index is 12.3. The van der Waals surface area contributed by atoms with Crippen molar-refractivity contribution in [3.8, 4) is 11.8 Å². The van der Waals surface area contributed by atoms with Gasteiger partial charge in [-0.25, -0.2) is 0 Å². The number of nitrogens with zero attached hydrogens (tertiary/aromatic N) is 1. The van der Waals surface area contributed by atoms with Crippen LogP contribution in [0.15, 0.2) is 12.1 Å². The molecule has 1 aromatic rings. The minimum Gasteiger partial charge on any atom is -0.466 e. The normalized spacial score (nSPS) is 10.9. The van der Waals surface area contributed by atoms with E-state index in [0.29, 0.717) is 0 Å². The van der Waals surface area contributed by atoms with Gasteiger partial charge in [-0.15, -0.1) is 24.8 Å². The molecule has 0 aliphatic heterocycles. The Labute approximate surface area is 124 Å². The lowest BCUT2D eigenvalue weighted by Crippen LogP contribution is -2.18. The quantitative estimate of drug-likeness (QED) is 0.616. The van der Waals surface area contributed by atoms with Crippen LogP contribution in [0, 0.1) is 11.3 Å². The Morgan fingerprint density at radius 3 is 2.52 bits per heavy atom. The molecule has 0 atom stereocenters. The summed E-state index contributed by atoms with van der Waals surface area (Å²) in [5, 5.41) is 9.00. The number of nitriles is 1. The van der Waals surface area contributed by atoms with Crippen LogP contribution in [-0.2, 0) is 21.8 Å². The molecule has 0 N–H and O–H groups in total. The molecule has 1 rings (SSSR count). The Morgan fingerprint density at radius 2 is 2.05 bits per heavy atom. The highest BCUT2D eigenvalue weighted by molar-refractivity contribution is 6.17. The molecule has 1 aromatic carbocycles. The molecule has 0 bridgehead atoms. The highest BCUT2D eigenvalue weighted by Crippen LogP contribution is 2.30. The number of carbonyl (C=O) groups is 1. The van der Waals surface area contributed by atoms with Crippen molar-refractivity contribution in [1.29, 1.82) is 5.26 Å². The molecule has 114 valence electrons. The summed E-state index contributed by atoms with van der Waals surface area (Å²) in [6, 6.07) is 3.96. The number of benzene rings is 1. The van der Waals surface area contributed by atoms with Crippen LogP contribution in [-0.4, -0.2) is 18.9 Å². The van der Waals surface area contributed by atoms with Gasteiger partial charge in [-0.05, 0) is 24.6 Å². The standard InChI is InChI=1S/C13H11ClF3NO3/c1-2-20-12(19)5-8-4-11(21-13(15,16)17)9(6-14)3-10(8)7-18/h3-4H,2,5-6H2,1H3. The average molecular weight is 322 g/mol. The summed E-state index contributed by atoms with van der Waals surface area (Å²) in [6.45, 7) is 1.73. The molecule has 0 heterocycles. The zero-order chi connectivity index (χ0) is 16.0. The van der Waals surface area contributed by atoms with Gasteiger partial charge in [0.25, 0.3) is 0 Å². The minimum atomic E-state index is -4.89. The summed E-state index contributed by atoms with van der Waals surface area (Å²) < 4.78 is 45.6. The summed E-state index contributed by atoms with van der Waals surface area (Å²) in [6.07, 6.45) is -5.22. The van der Waals surface area contributed by atoms with Gasteiger partial charge < -0.3 is 9.47 Å². The molecular formula is C13H11ClF3NO3. The van der Waals surface area contributed by atoms with Crippen molar-refractivity contribution in [2.45, 2.75) is 25.6 Å². The first-order chi connectivity index (χ1) is 9.80. The van der Waals surface area contributed by atoms with E-state index in [4.69, 9.17) is 21.6 Å². The second-order valence-electron chi connectivity index (χ2n) is 3.89. The summed E-state index contributed by atoms with van der Waals surface area (Å²) in [5.74, 6) is -1.44. The predicted octanol–water partition coefficient (Wildman–Crippen LogP) is 3.30. The number of hydrogen-bond acceptors (Lipinski definition) is 4. The molecule has 0 unspecified atom stereocenters. The highest BCUT2D eigenvalue weighted by atomic mass is 35.5. The Morgan fingerprint density at radius 1 is 1.38 bits per heavy atom. The molecule has 0 fully saturated rings. The smallest absolute Gasteiger partial charge is 0.466 e. The maximum atomic E-state index is 12.3. The van der Waals surface area contributed by atoms with E-state index in [-0.39, 0.29) is 35.6 Å². The van der Waals surface area contributed by atoms with Crippen molar-refractivity contribution in [2.24, 2.45) is 0 Å². The number of alkyl halides is 4. The molecule has 21 heavy (non-hydrogen) atoms. The lowest BCUT2D eigenvalue weighted by Gasteiger charge is -2.14. The van der Waals surface area contributed by atoms with Crippen molar-refractivity contribution >= 4 is 17.6 Å². The lowest BCUT2D eigenvalue weighted by atomic mass is 10.0. The van der Waals surface area contributed by atoms with E-state index < -0.39 is 18.1 Å². The van der Waals surface area contributed by atoms with Gasteiger partial charge in [-0.3, -0.25) is 4.79 Å². The number of halogens is 4. The largest absolute Gasteiger partial charge is 0.573 e. The molecule has 4 nitrogen and oxygen atoms in total. The summed E-state index contributed by atoms with van der Waals surface area (Å²) in [5.41, 5.74) is 0.149. The van der Waals surface area contributed by atoms with Crippen molar-refractivity contribution in [1.82, 2.24) is 0 Å². The molecule has 0 aromatic heterocycles. The SMILES string of the molecule is CCOC(=O)Cc1cc(OC(F)(F)F)c(CCl)cc1C#N. The zero-order valence-corrected chi connectivity index (χ0v) is 11.7. The third-order valence-corrected chi connectivity index (χ3v) is 2.70. The van der Waals surface area contributed by atoms with Gasteiger partial charge in [0.2, 0.25) is 0 Å². The fourth-order valence-electron chi connectivity index (χ4n) is 1.61. The monoisotopic (exact) mass is 321 g/mol. The number of ether oxygens (including phenoxy) is 2. The van der Waals surface area contributed by atoms with Gasteiger partial charge in [-0.2, -0.15) is 5.26 Å². The number of carbonyl (C=O) groups excluding carboxylic acids is 1. The fourth-order valence-corrected chi connectivity index (χ4v) is 1.82. The van der Waals surface area contributed by atoms with Gasteiger partial charge in [0.05, 0.1) is 30.5 Å². The lowest BCUT2D eigenvalue weighted by molar-refractivity contribution is -0.274. The number of hydrogen-bond donors (Lipinski definition) is 0. The molecule has 0 radical (unpaired) electrons. The van der Waals surface area contributed by atoms with E-state index in [2.05, 4.69) is 4.74 Å². The van der Waals surface area contributed by atoms with Crippen LogP contribution in [0.25, 0.3) is 0 Å². The van der Waals surface area contributed by atoms with Crippen LogP contribution in [0.2, 0.25) is 0 Å². The van der Waals surface area contributed by atoms with Gasteiger partial charge in [0.1, 0.15) is 5.75 Å². The second kappa shape index (κ2) is 7.18. The Balaban J connectivity index is 3.20. The first-order valence-corrected chi connectivity index (χ1v) is 6.37. The van der Waals surface area contributed by atoms with E-state index in [1.807, 2.05) is 0 Å². The molecule has 8 heteroatoms. The Bertz CT molecular complexity index is 567. The van der Waals surface area contributed by atoms with E-state index >= 15 is 0 Å². The fraction of sp³-hybridized carbons (Fsp3) is 0.385. The summed E-state index contributed by atoms with van der Waals surface area (Å²) in [4.78, 5) is 11.4. The first-order valence-electron chi connectivity index (χ1n) is 5.84. The van der Waals surface area contributed by atoms with Crippen molar-refractivity contribution in [3.05, 3.63) is 28.8 Å². The van der Waals surface area contributed by atoms with Crippen LogP contribution >= 0.6 is 11.6 Å². The van der Waals surface area contributed by atoms with Gasteiger partial charge in [0, 0.05) is 5.56 Å². The second-order valence-corrected chi connectivity index (χ2v) is 4.16. The van der Waals surface area contributed by atoms with Crippen LogP contribution in [0.4, 0.5) is 13.2 Å². The zero-order valence-electron chi connectivity index (χ0n) is 11.0. The van der Waals surface area contributed by atoms with Gasteiger partial charge in [-0.1, -0.05) is 0 Å². The predicted molar refractivity (Wildman–Crippen MR) is 67.7 cm³/mol. The third kappa shape index (κ3) is 5.16. The minimum absolute atomic E-state index is 0.0122. The number of esters is 1. The van der Waals surface area contributed by atoms with Crippen LogP contribution in [0.5, 0.6) is 5.75 Å². The maximum Gasteiger partial charge on any atom is 0.573 e. The van der Waals surface area contributed by atoms with Crippen LogP contribution in [0.1, 0.15) is 23.6 Å². The molecule has 0 aliphatic rings.